The SMILES string of the molecule is CNC(C(=O)NCCc1ccc(OCC(C)C)cc1)c1cnn(C)c1.Cl. The van der Waals surface area contributed by atoms with Gasteiger partial charge in [0.05, 0.1) is 12.8 Å². The van der Waals surface area contributed by atoms with Crippen LogP contribution in [0.15, 0.2) is 36.7 Å². The predicted octanol–water partition coefficient (Wildman–Crippen LogP) is 2.50. The zero-order chi connectivity index (χ0) is 18.2. The van der Waals surface area contributed by atoms with E-state index in [4.69, 9.17) is 4.74 Å². The minimum Gasteiger partial charge on any atom is -0.493 e. The van der Waals surface area contributed by atoms with Gasteiger partial charge in [-0.1, -0.05) is 26.0 Å². The number of halogens is 1. The van der Waals surface area contributed by atoms with Gasteiger partial charge in [-0.25, -0.2) is 0 Å². The normalized spacial score (nSPS) is 11.7. The van der Waals surface area contributed by atoms with Crippen molar-refractivity contribution in [3.05, 3.63) is 47.8 Å². The fraction of sp³-hybridized carbons (Fsp3) is 0.474. The highest BCUT2D eigenvalue weighted by Crippen LogP contribution is 2.14. The van der Waals surface area contributed by atoms with E-state index < -0.39 is 0 Å². The predicted molar refractivity (Wildman–Crippen MR) is 106 cm³/mol. The van der Waals surface area contributed by atoms with Gasteiger partial charge in [0.2, 0.25) is 5.91 Å². The summed E-state index contributed by atoms with van der Waals surface area (Å²) in [6.45, 7) is 5.56. The number of ether oxygens (including phenoxy) is 1. The fourth-order valence-electron chi connectivity index (χ4n) is 2.49. The summed E-state index contributed by atoms with van der Waals surface area (Å²) in [5.74, 6) is 1.34. The lowest BCUT2D eigenvalue weighted by Crippen LogP contribution is -2.36. The van der Waals surface area contributed by atoms with Crippen molar-refractivity contribution in [2.75, 3.05) is 20.2 Å². The minimum atomic E-state index is -0.388. The number of benzene rings is 1. The molecule has 0 saturated carbocycles. The summed E-state index contributed by atoms with van der Waals surface area (Å²) in [5.41, 5.74) is 2.02. The number of carbonyl (C=O) groups excluding carboxylic acids is 1. The van der Waals surface area contributed by atoms with Crippen molar-refractivity contribution in [3.8, 4) is 5.75 Å². The van der Waals surface area contributed by atoms with E-state index in [1.165, 1.54) is 5.56 Å². The summed E-state index contributed by atoms with van der Waals surface area (Å²) in [6, 6.07) is 7.65. The number of rotatable bonds is 9. The number of aromatic nitrogens is 2. The van der Waals surface area contributed by atoms with Crippen molar-refractivity contribution in [1.29, 1.82) is 0 Å². The number of hydrogen-bond donors (Lipinski definition) is 2. The summed E-state index contributed by atoms with van der Waals surface area (Å²) in [6.07, 6.45) is 4.33. The van der Waals surface area contributed by atoms with Crippen LogP contribution >= 0.6 is 12.4 Å². The maximum absolute atomic E-state index is 12.3. The number of likely N-dealkylation sites (N-methyl/N-ethyl adjacent to an activating group) is 1. The molecule has 0 radical (unpaired) electrons. The number of aryl methyl sites for hydroxylation is 1. The molecule has 0 aliphatic carbocycles. The lowest BCUT2D eigenvalue weighted by molar-refractivity contribution is -0.123. The third-order valence-electron chi connectivity index (χ3n) is 3.83. The van der Waals surface area contributed by atoms with E-state index in [-0.39, 0.29) is 24.4 Å². The summed E-state index contributed by atoms with van der Waals surface area (Å²) in [7, 11) is 3.61. The molecule has 7 heteroatoms. The van der Waals surface area contributed by atoms with Crippen LogP contribution in [0.5, 0.6) is 5.75 Å². The maximum atomic E-state index is 12.3. The van der Waals surface area contributed by atoms with Crippen LogP contribution in [0.2, 0.25) is 0 Å². The topological polar surface area (TPSA) is 68.2 Å². The Morgan fingerprint density at radius 3 is 2.50 bits per heavy atom. The van der Waals surface area contributed by atoms with E-state index in [0.29, 0.717) is 12.5 Å². The van der Waals surface area contributed by atoms with Crippen LogP contribution in [0, 0.1) is 5.92 Å². The van der Waals surface area contributed by atoms with Crippen LogP contribution in [0.25, 0.3) is 0 Å². The van der Waals surface area contributed by atoms with Crippen LogP contribution in [0.1, 0.15) is 31.0 Å². The maximum Gasteiger partial charge on any atom is 0.241 e. The molecule has 1 unspecified atom stereocenters. The molecule has 0 aliphatic rings. The Hall–Kier alpha value is -2.05. The summed E-state index contributed by atoms with van der Waals surface area (Å²) < 4.78 is 7.37. The van der Waals surface area contributed by atoms with Crippen molar-refractivity contribution in [2.45, 2.75) is 26.3 Å². The molecule has 0 spiro atoms. The Balaban J connectivity index is 0.00000338. The first kappa shape index (κ1) is 22.0. The second-order valence-corrected chi connectivity index (χ2v) is 6.56. The van der Waals surface area contributed by atoms with Gasteiger partial charge in [0.1, 0.15) is 11.8 Å². The largest absolute Gasteiger partial charge is 0.493 e. The van der Waals surface area contributed by atoms with Gasteiger partial charge in [0.25, 0.3) is 0 Å². The molecule has 2 N–H and O–H groups in total. The first-order chi connectivity index (χ1) is 12.0. The molecule has 1 amide bonds. The van der Waals surface area contributed by atoms with Crippen molar-refractivity contribution < 1.29 is 9.53 Å². The number of hydrogen-bond acceptors (Lipinski definition) is 4. The van der Waals surface area contributed by atoms with Gasteiger partial charge in [0.15, 0.2) is 0 Å². The Bertz CT molecular complexity index is 670. The quantitative estimate of drug-likeness (QED) is 0.701. The van der Waals surface area contributed by atoms with E-state index in [9.17, 15) is 4.79 Å². The molecular weight excluding hydrogens is 352 g/mol. The molecular formula is C19H29ClN4O2. The monoisotopic (exact) mass is 380 g/mol. The van der Waals surface area contributed by atoms with Gasteiger partial charge < -0.3 is 15.4 Å². The first-order valence-corrected chi connectivity index (χ1v) is 8.65. The van der Waals surface area contributed by atoms with Crippen LogP contribution in [-0.4, -0.2) is 35.9 Å². The Morgan fingerprint density at radius 1 is 1.27 bits per heavy atom. The molecule has 6 nitrogen and oxygen atoms in total. The van der Waals surface area contributed by atoms with Crippen molar-refractivity contribution >= 4 is 18.3 Å². The summed E-state index contributed by atoms with van der Waals surface area (Å²) in [4.78, 5) is 12.3. The van der Waals surface area contributed by atoms with Crippen LogP contribution < -0.4 is 15.4 Å². The van der Waals surface area contributed by atoms with Crippen LogP contribution in [0.3, 0.4) is 0 Å². The average Bonchev–Trinajstić information content (AvgIpc) is 3.01. The molecule has 26 heavy (non-hydrogen) atoms. The van der Waals surface area contributed by atoms with Crippen LogP contribution in [0.4, 0.5) is 0 Å². The molecule has 1 atom stereocenters. The molecule has 1 aromatic carbocycles. The van der Waals surface area contributed by atoms with Crippen LogP contribution in [-0.2, 0) is 18.3 Å². The third-order valence-corrected chi connectivity index (χ3v) is 3.83. The first-order valence-electron chi connectivity index (χ1n) is 8.65. The van der Waals surface area contributed by atoms with Gasteiger partial charge >= 0.3 is 0 Å². The molecule has 0 aliphatic heterocycles. The highest BCUT2D eigenvalue weighted by atomic mass is 35.5. The van der Waals surface area contributed by atoms with E-state index in [0.717, 1.165) is 24.3 Å². The molecule has 0 saturated heterocycles. The average molecular weight is 381 g/mol. The zero-order valence-corrected chi connectivity index (χ0v) is 16.7. The zero-order valence-electron chi connectivity index (χ0n) is 15.9. The van der Waals surface area contributed by atoms with Gasteiger partial charge in [0, 0.05) is 25.4 Å². The molecule has 144 valence electrons. The van der Waals surface area contributed by atoms with Gasteiger partial charge in [-0.05, 0) is 37.1 Å². The highest BCUT2D eigenvalue weighted by Gasteiger charge is 2.19. The molecule has 2 rings (SSSR count). The second kappa shape index (κ2) is 10.8. The van der Waals surface area contributed by atoms with E-state index in [1.54, 1.807) is 17.9 Å². The lowest BCUT2D eigenvalue weighted by atomic mass is 10.1. The Labute approximate surface area is 161 Å². The summed E-state index contributed by atoms with van der Waals surface area (Å²) >= 11 is 0. The highest BCUT2D eigenvalue weighted by molar-refractivity contribution is 5.85. The molecule has 2 aromatic rings. The Kier molecular flexibility index (Phi) is 9.16. The number of amides is 1. The van der Waals surface area contributed by atoms with E-state index in [1.807, 2.05) is 37.5 Å². The third kappa shape index (κ3) is 6.69. The Morgan fingerprint density at radius 2 is 1.96 bits per heavy atom. The van der Waals surface area contributed by atoms with Crippen molar-refractivity contribution in [3.63, 3.8) is 0 Å². The molecule has 0 fully saturated rings. The van der Waals surface area contributed by atoms with Crippen molar-refractivity contribution in [1.82, 2.24) is 20.4 Å². The lowest BCUT2D eigenvalue weighted by Gasteiger charge is -2.14. The molecule has 1 heterocycles. The molecule has 0 bridgehead atoms. The summed E-state index contributed by atoms with van der Waals surface area (Å²) in [5, 5.41) is 10.1. The smallest absolute Gasteiger partial charge is 0.241 e. The van der Waals surface area contributed by atoms with Crippen molar-refractivity contribution in [2.24, 2.45) is 13.0 Å². The number of nitrogens with one attached hydrogen (secondary N) is 2. The molecule has 1 aromatic heterocycles. The van der Waals surface area contributed by atoms with Gasteiger partial charge in [-0.3, -0.25) is 9.48 Å². The fourth-order valence-corrected chi connectivity index (χ4v) is 2.49. The van der Waals surface area contributed by atoms with E-state index in [2.05, 4.69) is 29.6 Å². The van der Waals surface area contributed by atoms with E-state index >= 15 is 0 Å². The minimum absolute atomic E-state index is 0. The second-order valence-electron chi connectivity index (χ2n) is 6.56. The number of carbonyl (C=O) groups is 1. The number of nitrogens with zero attached hydrogens (tertiary/aromatic N) is 2. The van der Waals surface area contributed by atoms with Gasteiger partial charge in [-0.15, -0.1) is 12.4 Å². The standard InChI is InChI=1S/C19H28N4O2.ClH/c1-14(2)13-25-17-7-5-15(6-8-17)9-10-21-19(24)18(20-3)16-11-22-23(4)12-16;/h5-8,11-12,14,18,20H,9-10,13H2,1-4H3,(H,21,24);1H. The van der Waals surface area contributed by atoms with Gasteiger partial charge in [-0.2, -0.15) is 5.10 Å².